The predicted octanol–water partition coefficient (Wildman–Crippen LogP) is 3.72. The van der Waals surface area contributed by atoms with Crippen LogP contribution in [0.1, 0.15) is 24.2 Å². The Labute approximate surface area is 145 Å². The maximum absolute atomic E-state index is 11.7. The second-order valence-electron chi connectivity index (χ2n) is 5.08. The highest BCUT2D eigenvalue weighted by Crippen LogP contribution is 2.27. The van der Waals surface area contributed by atoms with Gasteiger partial charge < -0.3 is 4.74 Å². The normalized spacial score (nSPS) is 18.3. The van der Waals surface area contributed by atoms with Gasteiger partial charge in [-0.3, -0.25) is 9.52 Å². The van der Waals surface area contributed by atoms with Crippen molar-refractivity contribution < 1.29 is 13.7 Å². The Bertz CT molecular complexity index is 802. The molecule has 2 aromatic rings. The molecule has 0 saturated carbocycles. The molecule has 1 aliphatic rings. The maximum atomic E-state index is 11.7. The van der Waals surface area contributed by atoms with Gasteiger partial charge in [0, 0.05) is 10.5 Å². The van der Waals surface area contributed by atoms with Crippen molar-refractivity contribution in [3.05, 3.63) is 70.2 Å². The molecule has 4 nitrogen and oxygen atoms in total. The van der Waals surface area contributed by atoms with E-state index in [-0.39, 0.29) is 12.0 Å². The molecule has 0 spiro atoms. The molecule has 2 aromatic carbocycles. The zero-order chi connectivity index (χ0) is 16.4. The van der Waals surface area contributed by atoms with Crippen LogP contribution in [-0.2, 0) is 15.8 Å². The van der Waals surface area contributed by atoms with E-state index in [1.165, 1.54) is 6.08 Å². The molecule has 0 fully saturated rings. The number of rotatable bonds is 4. The van der Waals surface area contributed by atoms with Crippen molar-refractivity contribution in [2.24, 2.45) is 0 Å². The van der Waals surface area contributed by atoms with E-state index in [9.17, 15) is 9.00 Å². The average molecular weight is 392 g/mol. The molecular weight excluding hydrogens is 378 g/mol. The predicted molar refractivity (Wildman–Crippen MR) is 93.9 cm³/mol. The Balaban J connectivity index is 1.74. The lowest BCUT2D eigenvalue weighted by molar-refractivity contribution is -0.114. The minimum Gasteiger partial charge on any atom is -0.486 e. The smallest absolute Gasteiger partial charge is 0.257 e. The highest BCUT2D eigenvalue weighted by Gasteiger charge is 2.20. The van der Waals surface area contributed by atoms with Crippen LogP contribution >= 0.6 is 15.9 Å². The van der Waals surface area contributed by atoms with Gasteiger partial charge in [-0.05, 0) is 42.3 Å². The first-order chi connectivity index (χ1) is 11.0. The van der Waals surface area contributed by atoms with Crippen molar-refractivity contribution in [3.8, 4) is 5.75 Å². The first-order valence-electron chi connectivity index (χ1n) is 6.99. The lowest BCUT2D eigenvalue weighted by Gasteiger charge is -2.15. The van der Waals surface area contributed by atoms with Crippen molar-refractivity contribution in [3.63, 3.8) is 0 Å². The molecular formula is C17H14BrNO3S. The lowest BCUT2D eigenvalue weighted by Crippen LogP contribution is -2.16. The molecule has 1 unspecified atom stereocenters. The molecule has 1 N–H and O–H groups in total. The zero-order valence-corrected chi connectivity index (χ0v) is 14.7. The number of ether oxygens (including phenoxy) is 1. The number of carbonyl (C=O) groups excluding carboxylic acids is 1. The summed E-state index contributed by atoms with van der Waals surface area (Å²) in [5, 5.41) is 0. The van der Waals surface area contributed by atoms with Crippen LogP contribution in [0.4, 0.5) is 0 Å². The summed E-state index contributed by atoms with van der Waals surface area (Å²) in [6.45, 7) is 1.98. The molecule has 1 heterocycles. The first-order valence-corrected chi connectivity index (χ1v) is 8.94. The molecule has 2 atom stereocenters. The fourth-order valence-corrected chi connectivity index (χ4v) is 3.60. The molecule has 0 radical (unpaired) electrons. The second kappa shape index (κ2) is 6.68. The van der Waals surface area contributed by atoms with E-state index in [2.05, 4.69) is 20.7 Å². The summed E-state index contributed by atoms with van der Waals surface area (Å²) in [7, 11) is -1.48. The monoisotopic (exact) mass is 391 g/mol. The molecule has 0 aromatic heterocycles. The van der Waals surface area contributed by atoms with E-state index >= 15 is 0 Å². The van der Waals surface area contributed by atoms with Crippen LogP contribution in [0.2, 0.25) is 0 Å². The van der Waals surface area contributed by atoms with E-state index in [0.29, 0.717) is 10.7 Å². The SMILES string of the molecule is C[C@H](Oc1ccc(C2=CC(=O)NS2=O)cc1)c1cccc(Br)c1. The molecule has 1 aliphatic heterocycles. The van der Waals surface area contributed by atoms with Crippen LogP contribution in [0.3, 0.4) is 0 Å². The van der Waals surface area contributed by atoms with Crippen LogP contribution in [-0.4, -0.2) is 10.1 Å². The summed E-state index contributed by atoms with van der Waals surface area (Å²) in [6.07, 6.45) is 1.26. The summed E-state index contributed by atoms with van der Waals surface area (Å²) in [4.78, 5) is 11.7. The van der Waals surface area contributed by atoms with E-state index in [0.717, 1.165) is 15.6 Å². The van der Waals surface area contributed by atoms with Gasteiger partial charge in [0.2, 0.25) is 0 Å². The van der Waals surface area contributed by atoms with Gasteiger partial charge in [0.05, 0.1) is 4.91 Å². The Hall–Kier alpha value is -1.92. The first kappa shape index (κ1) is 16.0. The average Bonchev–Trinajstić information content (AvgIpc) is 2.86. The number of halogens is 1. The van der Waals surface area contributed by atoms with Crippen molar-refractivity contribution in [1.29, 1.82) is 0 Å². The van der Waals surface area contributed by atoms with Crippen LogP contribution in [0, 0.1) is 0 Å². The highest BCUT2D eigenvalue weighted by atomic mass is 79.9. The van der Waals surface area contributed by atoms with Crippen molar-refractivity contribution in [2.45, 2.75) is 13.0 Å². The second-order valence-corrected chi connectivity index (χ2v) is 7.18. The Morgan fingerprint density at radius 1 is 1.17 bits per heavy atom. The minimum absolute atomic E-state index is 0.0959. The van der Waals surface area contributed by atoms with Gasteiger partial charge in [-0.25, -0.2) is 4.21 Å². The van der Waals surface area contributed by atoms with E-state index < -0.39 is 11.0 Å². The molecule has 23 heavy (non-hydrogen) atoms. The van der Waals surface area contributed by atoms with Crippen molar-refractivity contribution in [2.75, 3.05) is 0 Å². The lowest BCUT2D eigenvalue weighted by atomic mass is 10.1. The number of hydrogen-bond donors (Lipinski definition) is 1. The van der Waals surface area contributed by atoms with Gasteiger partial charge in [-0.2, -0.15) is 0 Å². The fourth-order valence-electron chi connectivity index (χ4n) is 2.27. The third kappa shape index (κ3) is 3.71. The number of benzene rings is 2. The third-order valence-electron chi connectivity index (χ3n) is 3.42. The Morgan fingerprint density at radius 2 is 1.91 bits per heavy atom. The van der Waals surface area contributed by atoms with Gasteiger partial charge in [-0.1, -0.05) is 40.2 Å². The highest BCUT2D eigenvalue weighted by molar-refractivity contribution is 9.10. The maximum Gasteiger partial charge on any atom is 0.257 e. The molecule has 3 rings (SSSR count). The number of carbonyl (C=O) groups is 1. The third-order valence-corrected chi connectivity index (χ3v) is 5.06. The van der Waals surface area contributed by atoms with Crippen molar-refractivity contribution in [1.82, 2.24) is 4.72 Å². The molecule has 1 amide bonds. The molecule has 0 bridgehead atoms. The van der Waals surface area contributed by atoms with Gasteiger partial charge in [0.1, 0.15) is 11.9 Å². The van der Waals surface area contributed by atoms with Crippen LogP contribution < -0.4 is 9.46 Å². The zero-order valence-electron chi connectivity index (χ0n) is 12.3. The number of hydrogen-bond acceptors (Lipinski definition) is 3. The topological polar surface area (TPSA) is 55.4 Å². The van der Waals surface area contributed by atoms with Crippen molar-refractivity contribution >= 4 is 37.7 Å². The van der Waals surface area contributed by atoms with Gasteiger partial charge in [0.25, 0.3) is 5.91 Å². The van der Waals surface area contributed by atoms with Gasteiger partial charge in [0.15, 0.2) is 11.0 Å². The van der Waals surface area contributed by atoms with Crippen LogP contribution in [0.15, 0.2) is 59.1 Å². The van der Waals surface area contributed by atoms with E-state index in [4.69, 9.17) is 4.74 Å². The Morgan fingerprint density at radius 3 is 2.52 bits per heavy atom. The molecule has 0 saturated heterocycles. The minimum atomic E-state index is -1.48. The standard InChI is InChI=1S/C17H14BrNO3S/c1-11(13-3-2-4-14(18)9-13)22-15-7-5-12(6-8-15)16-10-17(20)19-23(16)21/h2-11H,1H3,(H,19,20)/t11-,23?/m0/s1. The molecule has 118 valence electrons. The summed E-state index contributed by atoms with van der Waals surface area (Å²) in [5.41, 5.74) is 1.81. The summed E-state index contributed by atoms with van der Waals surface area (Å²) in [6, 6.07) is 15.2. The van der Waals surface area contributed by atoms with E-state index in [1.807, 2.05) is 43.3 Å². The van der Waals surface area contributed by atoms with Crippen LogP contribution in [0.5, 0.6) is 5.75 Å². The van der Waals surface area contributed by atoms with Crippen LogP contribution in [0.25, 0.3) is 4.91 Å². The Kier molecular flexibility index (Phi) is 4.63. The largest absolute Gasteiger partial charge is 0.486 e. The summed E-state index contributed by atoms with van der Waals surface area (Å²) < 4.78 is 21.0. The summed E-state index contributed by atoms with van der Waals surface area (Å²) in [5.74, 6) is 0.381. The molecule has 6 heteroatoms. The van der Waals surface area contributed by atoms with Gasteiger partial charge >= 0.3 is 0 Å². The molecule has 0 aliphatic carbocycles. The summed E-state index contributed by atoms with van der Waals surface area (Å²) >= 11 is 3.45. The fraction of sp³-hybridized carbons (Fsp3) is 0.118. The van der Waals surface area contributed by atoms with Gasteiger partial charge in [-0.15, -0.1) is 0 Å². The number of amides is 1. The quantitative estimate of drug-likeness (QED) is 0.863. The number of nitrogens with one attached hydrogen (secondary N) is 1. The van der Waals surface area contributed by atoms with E-state index in [1.54, 1.807) is 12.1 Å².